The van der Waals surface area contributed by atoms with E-state index in [-0.39, 0.29) is 0 Å². The summed E-state index contributed by atoms with van der Waals surface area (Å²) in [5.74, 6) is 0. The summed E-state index contributed by atoms with van der Waals surface area (Å²) in [6.07, 6.45) is 0. The van der Waals surface area contributed by atoms with Crippen LogP contribution >= 0.6 is 15.9 Å². The van der Waals surface area contributed by atoms with Gasteiger partial charge in [-0.1, -0.05) is 22.0 Å². The average Bonchev–Trinajstić information content (AvgIpc) is 2.26. The number of methoxy groups -OCH3 is 1. The standard InChI is InChI=1S/C12H19BrN2O/c1-15(2)12-8-11(13)5-4-10(12)9-14-6-7-16-3/h4-5,8,14H,6-7,9H2,1-3H3. The van der Waals surface area contributed by atoms with Crippen LogP contribution in [0.2, 0.25) is 0 Å². The van der Waals surface area contributed by atoms with Crippen molar-refractivity contribution in [2.24, 2.45) is 0 Å². The summed E-state index contributed by atoms with van der Waals surface area (Å²) < 4.78 is 6.10. The molecule has 1 aromatic rings. The van der Waals surface area contributed by atoms with E-state index in [2.05, 4.69) is 58.4 Å². The first-order chi connectivity index (χ1) is 7.65. The molecule has 1 aromatic carbocycles. The third kappa shape index (κ3) is 4.12. The largest absolute Gasteiger partial charge is 0.383 e. The van der Waals surface area contributed by atoms with Crippen molar-refractivity contribution >= 4 is 21.6 Å². The van der Waals surface area contributed by atoms with E-state index in [1.54, 1.807) is 7.11 Å². The van der Waals surface area contributed by atoms with E-state index in [1.807, 2.05) is 0 Å². The molecule has 0 aliphatic heterocycles. The van der Waals surface area contributed by atoms with Gasteiger partial charge in [0, 0.05) is 44.5 Å². The maximum Gasteiger partial charge on any atom is 0.0587 e. The number of ether oxygens (including phenoxy) is 1. The van der Waals surface area contributed by atoms with Crippen LogP contribution in [0.5, 0.6) is 0 Å². The van der Waals surface area contributed by atoms with E-state index >= 15 is 0 Å². The van der Waals surface area contributed by atoms with Gasteiger partial charge in [-0.15, -0.1) is 0 Å². The van der Waals surface area contributed by atoms with Crippen LogP contribution in [0.4, 0.5) is 5.69 Å². The summed E-state index contributed by atoms with van der Waals surface area (Å²) in [4.78, 5) is 2.12. The average molecular weight is 287 g/mol. The minimum Gasteiger partial charge on any atom is -0.383 e. The van der Waals surface area contributed by atoms with Crippen molar-refractivity contribution in [3.8, 4) is 0 Å². The van der Waals surface area contributed by atoms with Crippen LogP contribution < -0.4 is 10.2 Å². The Balaban J connectivity index is 2.64. The lowest BCUT2D eigenvalue weighted by Crippen LogP contribution is -2.20. The first-order valence-corrected chi connectivity index (χ1v) is 6.10. The van der Waals surface area contributed by atoms with Crippen molar-refractivity contribution in [2.45, 2.75) is 6.54 Å². The van der Waals surface area contributed by atoms with Crippen LogP contribution in [0, 0.1) is 0 Å². The Labute approximate surface area is 106 Å². The maximum atomic E-state index is 5.00. The number of halogens is 1. The highest BCUT2D eigenvalue weighted by Gasteiger charge is 2.04. The molecule has 0 spiro atoms. The molecule has 0 unspecified atom stereocenters. The van der Waals surface area contributed by atoms with Gasteiger partial charge in [0.25, 0.3) is 0 Å². The highest BCUT2D eigenvalue weighted by Crippen LogP contribution is 2.23. The lowest BCUT2D eigenvalue weighted by Gasteiger charge is -2.18. The van der Waals surface area contributed by atoms with Gasteiger partial charge in [-0.3, -0.25) is 0 Å². The van der Waals surface area contributed by atoms with E-state index in [0.29, 0.717) is 0 Å². The van der Waals surface area contributed by atoms with Gasteiger partial charge >= 0.3 is 0 Å². The number of benzene rings is 1. The van der Waals surface area contributed by atoms with Crippen molar-refractivity contribution in [3.05, 3.63) is 28.2 Å². The minimum atomic E-state index is 0.744. The zero-order valence-electron chi connectivity index (χ0n) is 10.1. The fraction of sp³-hybridized carbons (Fsp3) is 0.500. The van der Waals surface area contributed by atoms with E-state index in [1.165, 1.54) is 11.3 Å². The normalized spacial score (nSPS) is 10.5. The molecule has 1 N–H and O–H groups in total. The molecule has 0 aliphatic carbocycles. The van der Waals surface area contributed by atoms with Gasteiger partial charge in [0.05, 0.1) is 6.61 Å². The third-order valence-corrected chi connectivity index (χ3v) is 2.82. The van der Waals surface area contributed by atoms with Crippen LogP contribution in [0.1, 0.15) is 5.56 Å². The molecule has 0 heterocycles. The molecule has 0 bridgehead atoms. The summed E-state index contributed by atoms with van der Waals surface area (Å²) in [7, 11) is 5.83. The lowest BCUT2D eigenvalue weighted by atomic mass is 10.1. The van der Waals surface area contributed by atoms with Crippen molar-refractivity contribution in [1.29, 1.82) is 0 Å². The number of hydrogen-bond acceptors (Lipinski definition) is 3. The Morgan fingerprint density at radius 3 is 2.75 bits per heavy atom. The molecule has 0 atom stereocenters. The molecule has 1 rings (SSSR count). The smallest absolute Gasteiger partial charge is 0.0587 e. The quantitative estimate of drug-likeness (QED) is 0.812. The zero-order valence-corrected chi connectivity index (χ0v) is 11.7. The second-order valence-electron chi connectivity index (χ2n) is 3.84. The Bertz CT molecular complexity index is 329. The summed E-state index contributed by atoms with van der Waals surface area (Å²) in [5.41, 5.74) is 2.53. The first-order valence-electron chi connectivity index (χ1n) is 5.30. The van der Waals surface area contributed by atoms with Gasteiger partial charge in [0.15, 0.2) is 0 Å². The van der Waals surface area contributed by atoms with Gasteiger partial charge in [-0.25, -0.2) is 0 Å². The highest BCUT2D eigenvalue weighted by molar-refractivity contribution is 9.10. The first kappa shape index (κ1) is 13.5. The van der Waals surface area contributed by atoms with E-state index in [4.69, 9.17) is 4.74 Å². The van der Waals surface area contributed by atoms with Gasteiger partial charge < -0.3 is 15.0 Å². The molecule has 0 saturated heterocycles. The molecule has 90 valence electrons. The second-order valence-corrected chi connectivity index (χ2v) is 4.75. The number of hydrogen-bond donors (Lipinski definition) is 1. The highest BCUT2D eigenvalue weighted by atomic mass is 79.9. The van der Waals surface area contributed by atoms with Gasteiger partial charge in [-0.05, 0) is 17.7 Å². The Morgan fingerprint density at radius 1 is 1.38 bits per heavy atom. The lowest BCUT2D eigenvalue weighted by molar-refractivity contribution is 0.199. The molecular weight excluding hydrogens is 268 g/mol. The molecule has 4 heteroatoms. The number of nitrogens with one attached hydrogen (secondary N) is 1. The van der Waals surface area contributed by atoms with Crippen molar-refractivity contribution in [2.75, 3.05) is 39.3 Å². The molecule has 0 amide bonds. The molecular formula is C12H19BrN2O. The summed E-state index contributed by atoms with van der Waals surface area (Å²) in [6.45, 7) is 2.48. The van der Waals surface area contributed by atoms with E-state index < -0.39 is 0 Å². The molecule has 0 aromatic heterocycles. The van der Waals surface area contributed by atoms with Crippen molar-refractivity contribution in [3.63, 3.8) is 0 Å². The molecule has 0 aliphatic rings. The number of nitrogens with zero attached hydrogens (tertiary/aromatic N) is 1. The number of rotatable bonds is 6. The summed E-state index contributed by atoms with van der Waals surface area (Å²) in [5, 5.41) is 3.35. The van der Waals surface area contributed by atoms with Gasteiger partial charge in [0.2, 0.25) is 0 Å². The second kappa shape index (κ2) is 6.89. The predicted molar refractivity (Wildman–Crippen MR) is 72.1 cm³/mol. The van der Waals surface area contributed by atoms with Crippen molar-refractivity contribution in [1.82, 2.24) is 5.32 Å². The topological polar surface area (TPSA) is 24.5 Å². The number of anilines is 1. The van der Waals surface area contributed by atoms with Gasteiger partial charge in [0.1, 0.15) is 0 Å². The van der Waals surface area contributed by atoms with Crippen LogP contribution in [0.15, 0.2) is 22.7 Å². The molecule has 0 fully saturated rings. The zero-order chi connectivity index (χ0) is 12.0. The molecule has 0 saturated carbocycles. The van der Waals surface area contributed by atoms with E-state index in [9.17, 15) is 0 Å². The Kier molecular flexibility index (Phi) is 5.80. The summed E-state index contributed by atoms with van der Waals surface area (Å²) >= 11 is 3.49. The fourth-order valence-electron chi connectivity index (χ4n) is 1.50. The minimum absolute atomic E-state index is 0.744. The predicted octanol–water partition coefficient (Wildman–Crippen LogP) is 2.25. The molecule has 16 heavy (non-hydrogen) atoms. The van der Waals surface area contributed by atoms with Gasteiger partial charge in [-0.2, -0.15) is 0 Å². The molecule has 3 nitrogen and oxygen atoms in total. The van der Waals surface area contributed by atoms with Crippen LogP contribution in [-0.4, -0.2) is 34.4 Å². The monoisotopic (exact) mass is 286 g/mol. The van der Waals surface area contributed by atoms with Crippen LogP contribution in [0.3, 0.4) is 0 Å². The van der Waals surface area contributed by atoms with Crippen LogP contribution in [-0.2, 0) is 11.3 Å². The summed E-state index contributed by atoms with van der Waals surface area (Å²) in [6, 6.07) is 6.34. The maximum absolute atomic E-state index is 5.00. The Morgan fingerprint density at radius 2 is 2.12 bits per heavy atom. The SMILES string of the molecule is COCCNCc1ccc(Br)cc1N(C)C. The van der Waals surface area contributed by atoms with Crippen LogP contribution in [0.25, 0.3) is 0 Å². The Hall–Kier alpha value is -0.580. The fourth-order valence-corrected chi connectivity index (χ4v) is 1.85. The van der Waals surface area contributed by atoms with E-state index in [0.717, 1.165) is 24.2 Å². The molecule has 0 radical (unpaired) electrons. The van der Waals surface area contributed by atoms with Crippen molar-refractivity contribution < 1.29 is 4.74 Å². The third-order valence-electron chi connectivity index (χ3n) is 2.33.